The van der Waals surface area contributed by atoms with Crippen molar-refractivity contribution >= 4 is 11.4 Å². The molecule has 5 atom stereocenters. The van der Waals surface area contributed by atoms with Crippen LogP contribution in [-0.4, -0.2) is 11.5 Å². The fourth-order valence-corrected chi connectivity index (χ4v) is 6.11. The Labute approximate surface area is 168 Å². The summed E-state index contributed by atoms with van der Waals surface area (Å²) in [4.78, 5) is 13.2. The zero-order valence-electron chi connectivity index (χ0n) is 15.9. The Bertz CT molecular complexity index is 1060. The van der Waals surface area contributed by atoms with Gasteiger partial charge >= 0.3 is 0 Å². The lowest BCUT2D eigenvalue weighted by Crippen LogP contribution is -2.46. The fraction of sp³-hybridized carbons (Fsp3) is 0.333. The van der Waals surface area contributed by atoms with Crippen LogP contribution in [0.5, 0.6) is 0 Å². The molecule has 0 saturated heterocycles. The van der Waals surface area contributed by atoms with Crippen LogP contribution in [0.3, 0.4) is 0 Å². The van der Waals surface area contributed by atoms with Crippen molar-refractivity contribution in [3.63, 3.8) is 0 Å². The SMILES string of the molecule is O=[N+]([O-])c1ccc([C@@H]2[C@@H]3CC=C[C@@H]3c3cc(F)cc4c3N2C[C@H]2CC=C[C@H]42)cc1. The van der Waals surface area contributed by atoms with Crippen LogP contribution in [0.15, 0.2) is 60.7 Å². The minimum atomic E-state index is -0.351. The van der Waals surface area contributed by atoms with Gasteiger partial charge in [-0.2, -0.15) is 0 Å². The molecule has 4 aliphatic rings. The molecule has 2 aliphatic carbocycles. The molecule has 0 aromatic heterocycles. The van der Waals surface area contributed by atoms with Crippen molar-refractivity contribution in [3.8, 4) is 0 Å². The lowest BCUT2D eigenvalue weighted by atomic mass is 9.70. The van der Waals surface area contributed by atoms with E-state index in [1.165, 1.54) is 5.69 Å². The van der Waals surface area contributed by atoms with Gasteiger partial charge in [0.05, 0.1) is 11.0 Å². The number of rotatable bonds is 2. The number of nitrogens with zero attached hydrogens (tertiary/aromatic N) is 2. The molecule has 0 spiro atoms. The van der Waals surface area contributed by atoms with Gasteiger partial charge in [-0.15, -0.1) is 0 Å². The monoisotopic (exact) mass is 388 g/mol. The van der Waals surface area contributed by atoms with Crippen molar-refractivity contribution in [1.82, 2.24) is 0 Å². The summed E-state index contributed by atoms with van der Waals surface area (Å²) in [6.07, 6.45) is 10.9. The summed E-state index contributed by atoms with van der Waals surface area (Å²) in [5.74, 6) is 1.12. The maximum Gasteiger partial charge on any atom is 0.269 e. The topological polar surface area (TPSA) is 46.4 Å². The fourth-order valence-electron chi connectivity index (χ4n) is 6.11. The minimum Gasteiger partial charge on any atom is -0.363 e. The van der Waals surface area contributed by atoms with Gasteiger partial charge < -0.3 is 4.90 Å². The van der Waals surface area contributed by atoms with Crippen LogP contribution in [0.25, 0.3) is 0 Å². The number of anilines is 1. The normalized spacial score (nSPS) is 30.8. The molecule has 2 aliphatic heterocycles. The molecule has 0 bridgehead atoms. The smallest absolute Gasteiger partial charge is 0.269 e. The van der Waals surface area contributed by atoms with Crippen molar-refractivity contribution in [3.05, 3.63) is 93.3 Å². The van der Waals surface area contributed by atoms with E-state index >= 15 is 0 Å². The standard InChI is InChI=1S/C24H21FN2O2/c25-16-11-21-18-4-1-3-15(18)13-26-23(14-7-9-17(10-8-14)27(28)29)20-6-2-5-19(20)22(12-16)24(21)26/h1-2,4-5,7-12,15,18-20,23H,3,6,13H2/t15-,18+,19+,20-,23-/m1/s1. The van der Waals surface area contributed by atoms with Crippen molar-refractivity contribution in [2.45, 2.75) is 30.7 Å². The van der Waals surface area contributed by atoms with Gasteiger partial charge in [-0.1, -0.05) is 36.4 Å². The highest BCUT2D eigenvalue weighted by molar-refractivity contribution is 5.70. The van der Waals surface area contributed by atoms with E-state index in [9.17, 15) is 14.5 Å². The third-order valence-electron chi connectivity index (χ3n) is 7.26. The van der Waals surface area contributed by atoms with Crippen LogP contribution in [0.4, 0.5) is 15.8 Å². The number of nitro groups is 1. The summed E-state index contributed by atoms with van der Waals surface area (Å²) in [5.41, 5.74) is 4.63. The predicted octanol–water partition coefficient (Wildman–Crippen LogP) is 5.63. The Morgan fingerprint density at radius 2 is 1.69 bits per heavy atom. The molecule has 0 saturated carbocycles. The van der Waals surface area contributed by atoms with Gasteiger partial charge in [-0.25, -0.2) is 4.39 Å². The lowest BCUT2D eigenvalue weighted by molar-refractivity contribution is -0.384. The molecule has 4 nitrogen and oxygen atoms in total. The lowest BCUT2D eigenvalue weighted by Gasteiger charge is -2.51. The van der Waals surface area contributed by atoms with Crippen molar-refractivity contribution in [1.29, 1.82) is 0 Å². The summed E-state index contributed by atoms with van der Waals surface area (Å²) in [5, 5.41) is 11.1. The van der Waals surface area contributed by atoms with E-state index in [4.69, 9.17) is 0 Å². The Balaban J connectivity index is 1.54. The molecule has 0 amide bonds. The number of halogens is 1. The number of fused-ring (bicyclic) bond motifs is 4. The number of benzene rings is 2. The summed E-state index contributed by atoms with van der Waals surface area (Å²) < 4.78 is 14.6. The van der Waals surface area contributed by atoms with Crippen LogP contribution in [0, 0.1) is 27.8 Å². The number of hydrogen-bond donors (Lipinski definition) is 0. The molecular weight excluding hydrogens is 367 g/mol. The van der Waals surface area contributed by atoms with E-state index in [2.05, 4.69) is 29.2 Å². The number of allylic oxidation sites excluding steroid dienone is 4. The summed E-state index contributed by atoms with van der Waals surface area (Å²) in [7, 11) is 0. The first-order valence-electron chi connectivity index (χ1n) is 10.3. The summed E-state index contributed by atoms with van der Waals surface area (Å²) in [6.45, 7) is 0.939. The molecule has 2 aromatic rings. The molecular formula is C24H21FN2O2. The predicted molar refractivity (Wildman–Crippen MR) is 110 cm³/mol. The van der Waals surface area contributed by atoms with Crippen molar-refractivity contribution < 1.29 is 9.31 Å². The maximum atomic E-state index is 14.6. The van der Waals surface area contributed by atoms with E-state index in [1.807, 2.05) is 12.1 Å². The second kappa shape index (κ2) is 6.02. The molecule has 0 radical (unpaired) electrons. The van der Waals surface area contributed by atoms with E-state index in [0.29, 0.717) is 11.8 Å². The first-order valence-corrected chi connectivity index (χ1v) is 10.3. The van der Waals surface area contributed by atoms with Gasteiger partial charge in [-0.05, 0) is 53.5 Å². The van der Waals surface area contributed by atoms with E-state index in [1.54, 1.807) is 24.3 Å². The zero-order chi connectivity index (χ0) is 19.7. The van der Waals surface area contributed by atoms with E-state index in [0.717, 1.165) is 36.1 Å². The first-order chi connectivity index (χ1) is 14.1. The second-order valence-electron chi connectivity index (χ2n) is 8.68. The van der Waals surface area contributed by atoms with E-state index < -0.39 is 0 Å². The van der Waals surface area contributed by atoms with Crippen molar-refractivity contribution in [2.24, 2.45) is 11.8 Å². The van der Waals surface area contributed by atoms with Crippen molar-refractivity contribution in [2.75, 3.05) is 11.4 Å². The van der Waals surface area contributed by atoms with Crippen LogP contribution in [-0.2, 0) is 0 Å². The largest absolute Gasteiger partial charge is 0.363 e. The third kappa shape index (κ3) is 2.36. The molecule has 0 unspecified atom stereocenters. The van der Waals surface area contributed by atoms with Gasteiger partial charge in [0.2, 0.25) is 0 Å². The Morgan fingerprint density at radius 1 is 1.00 bits per heavy atom. The first kappa shape index (κ1) is 17.0. The third-order valence-corrected chi connectivity index (χ3v) is 7.26. The summed E-state index contributed by atoms with van der Waals surface area (Å²) in [6, 6.07) is 10.6. The van der Waals surface area contributed by atoms with Crippen LogP contribution in [0.2, 0.25) is 0 Å². The number of nitro benzene ring substituents is 1. The quantitative estimate of drug-likeness (QED) is 0.381. The van der Waals surface area contributed by atoms with Crippen LogP contribution in [0.1, 0.15) is 47.4 Å². The molecule has 2 heterocycles. The number of hydrogen-bond acceptors (Lipinski definition) is 3. The molecule has 5 heteroatoms. The highest BCUT2D eigenvalue weighted by atomic mass is 19.1. The molecule has 0 N–H and O–H groups in total. The highest BCUT2D eigenvalue weighted by Gasteiger charge is 2.47. The molecule has 29 heavy (non-hydrogen) atoms. The van der Waals surface area contributed by atoms with Gasteiger partial charge in [-0.3, -0.25) is 10.1 Å². The maximum absolute atomic E-state index is 14.6. The summed E-state index contributed by atoms with van der Waals surface area (Å²) >= 11 is 0. The Kier molecular flexibility index (Phi) is 3.52. The highest BCUT2D eigenvalue weighted by Crippen LogP contribution is 2.58. The van der Waals surface area contributed by atoms with Crippen LogP contribution < -0.4 is 4.90 Å². The molecule has 6 rings (SSSR count). The Hall–Kier alpha value is -2.95. The average molecular weight is 388 g/mol. The zero-order valence-corrected chi connectivity index (χ0v) is 15.9. The van der Waals surface area contributed by atoms with Crippen LogP contribution >= 0.6 is 0 Å². The van der Waals surface area contributed by atoms with Gasteiger partial charge in [0.15, 0.2) is 0 Å². The minimum absolute atomic E-state index is 0.118. The van der Waals surface area contributed by atoms with Gasteiger partial charge in [0.25, 0.3) is 5.69 Å². The number of non-ortho nitro benzene ring substituents is 1. The molecule has 0 fully saturated rings. The Morgan fingerprint density at radius 3 is 2.45 bits per heavy atom. The van der Waals surface area contributed by atoms with Gasteiger partial charge in [0.1, 0.15) is 5.82 Å². The van der Waals surface area contributed by atoms with E-state index in [-0.39, 0.29) is 34.3 Å². The second-order valence-corrected chi connectivity index (χ2v) is 8.68. The molecule has 146 valence electrons. The average Bonchev–Trinajstić information content (AvgIpc) is 3.37. The van der Waals surface area contributed by atoms with Gasteiger partial charge in [0, 0.05) is 36.2 Å². The molecule has 2 aromatic carbocycles.